The summed E-state index contributed by atoms with van der Waals surface area (Å²) in [6.07, 6.45) is 0.608. The molecule has 1 saturated heterocycles. The lowest BCUT2D eigenvalue weighted by Gasteiger charge is -2.24. The van der Waals surface area contributed by atoms with Crippen molar-refractivity contribution >= 4 is 35.3 Å². The quantitative estimate of drug-likeness (QED) is 0.361. The molecule has 1 aliphatic rings. The minimum absolute atomic E-state index is 0.0294. The van der Waals surface area contributed by atoms with Crippen LogP contribution in [0.15, 0.2) is 0 Å². The number of ether oxygens (including phenoxy) is 1. The molecule has 1 rings (SSSR count). The zero-order valence-corrected chi connectivity index (χ0v) is 16.4. The summed E-state index contributed by atoms with van der Waals surface area (Å²) in [6.45, 7) is 5.84. The van der Waals surface area contributed by atoms with E-state index < -0.39 is 10.9 Å². The molecule has 8 nitrogen and oxygen atoms in total. The summed E-state index contributed by atoms with van der Waals surface area (Å²) in [5.74, 6) is -0.752. The molecule has 3 amide bonds. The first-order valence-electron chi connectivity index (χ1n) is 8.63. The van der Waals surface area contributed by atoms with Gasteiger partial charge < -0.3 is 15.2 Å². The maximum Gasteiger partial charge on any atom is 0.242 e. The third-order valence-corrected chi connectivity index (χ3v) is 5.23. The number of carbonyl (C=O) groups is 4. The molecule has 1 aliphatic heterocycles. The number of likely N-dealkylation sites (tertiary alicyclic amines) is 1. The van der Waals surface area contributed by atoms with Gasteiger partial charge >= 0.3 is 0 Å². The molecule has 1 unspecified atom stereocenters. The van der Waals surface area contributed by atoms with Gasteiger partial charge in [0.05, 0.1) is 23.2 Å². The predicted octanol–water partition coefficient (Wildman–Crippen LogP) is 0.120. The van der Waals surface area contributed by atoms with Crippen molar-refractivity contribution < 1.29 is 29.0 Å². The van der Waals surface area contributed by atoms with Crippen LogP contribution in [0.3, 0.4) is 0 Å². The number of Topliss-reactive ketones (excluding diaryl/α,β-unsaturated/α-hetero) is 1. The van der Waals surface area contributed by atoms with Gasteiger partial charge in [-0.25, -0.2) is 0 Å². The Morgan fingerprint density at radius 2 is 2.08 bits per heavy atom. The van der Waals surface area contributed by atoms with Crippen LogP contribution in [0, 0.1) is 0 Å². The van der Waals surface area contributed by atoms with Crippen LogP contribution >= 0.6 is 11.8 Å². The highest BCUT2D eigenvalue weighted by atomic mass is 32.2. The van der Waals surface area contributed by atoms with Gasteiger partial charge in [0.1, 0.15) is 5.78 Å². The first kappa shape index (κ1) is 22.6. The van der Waals surface area contributed by atoms with Crippen molar-refractivity contribution in [1.82, 2.24) is 10.2 Å². The van der Waals surface area contributed by atoms with E-state index in [1.165, 1.54) is 18.7 Å². The van der Waals surface area contributed by atoms with Crippen molar-refractivity contribution in [3.05, 3.63) is 0 Å². The number of aliphatic hydroxyl groups excluding tert-OH is 1. The standard InChI is InChI=1S/C17H28N2O6S/c1-12(21)11-26-13-10-15(23)19(16(13)24)7-4-14(22)18-6-9-25-17(2,3)5-8-20/h13,20H,4-11H2,1-3H3,(H,18,22). The monoisotopic (exact) mass is 388 g/mol. The molecule has 1 atom stereocenters. The second kappa shape index (κ2) is 10.6. The Kier molecular flexibility index (Phi) is 9.24. The molecule has 0 bridgehead atoms. The van der Waals surface area contributed by atoms with Crippen LogP contribution in [0.5, 0.6) is 0 Å². The summed E-state index contributed by atoms with van der Waals surface area (Å²) >= 11 is 1.17. The topological polar surface area (TPSA) is 113 Å². The van der Waals surface area contributed by atoms with E-state index in [1.807, 2.05) is 13.8 Å². The predicted molar refractivity (Wildman–Crippen MR) is 97.6 cm³/mol. The van der Waals surface area contributed by atoms with Crippen LogP contribution in [-0.2, 0) is 23.9 Å². The lowest BCUT2D eigenvalue weighted by Crippen LogP contribution is -2.37. The van der Waals surface area contributed by atoms with Gasteiger partial charge in [0.15, 0.2) is 0 Å². The number of rotatable bonds is 12. The summed E-state index contributed by atoms with van der Waals surface area (Å²) in [6, 6.07) is 0. The molecule has 0 aromatic rings. The molecule has 1 heterocycles. The molecule has 1 fully saturated rings. The number of amides is 3. The molecular formula is C17H28N2O6S. The minimum atomic E-state index is -0.531. The normalized spacial score (nSPS) is 17.7. The highest BCUT2D eigenvalue weighted by molar-refractivity contribution is 8.01. The zero-order valence-electron chi connectivity index (χ0n) is 15.6. The molecule has 0 saturated carbocycles. The fraction of sp³-hybridized carbons (Fsp3) is 0.765. The van der Waals surface area contributed by atoms with Gasteiger partial charge in [-0.05, 0) is 27.2 Å². The average molecular weight is 388 g/mol. The largest absolute Gasteiger partial charge is 0.396 e. The Labute approximate surface area is 158 Å². The third-order valence-electron chi connectivity index (χ3n) is 3.88. The van der Waals surface area contributed by atoms with Crippen molar-refractivity contribution in [1.29, 1.82) is 0 Å². The summed E-state index contributed by atoms with van der Waals surface area (Å²) in [5.41, 5.74) is -0.458. The maximum atomic E-state index is 12.2. The smallest absolute Gasteiger partial charge is 0.242 e. The third kappa shape index (κ3) is 7.84. The first-order chi connectivity index (χ1) is 12.2. The number of imide groups is 1. The number of thioether (sulfide) groups is 1. The summed E-state index contributed by atoms with van der Waals surface area (Å²) in [4.78, 5) is 48.0. The lowest BCUT2D eigenvalue weighted by atomic mass is 10.1. The molecule has 0 aromatic carbocycles. The van der Waals surface area contributed by atoms with Crippen LogP contribution in [0.2, 0.25) is 0 Å². The zero-order chi connectivity index (χ0) is 19.7. The van der Waals surface area contributed by atoms with Crippen LogP contribution in [0.4, 0.5) is 0 Å². The van der Waals surface area contributed by atoms with Gasteiger partial charge in [0.25, 0.3) is 0 Å². The van der Waals surface area contributed by atoms with Gasteiger partial charge in [-0.3, -0.25) is 24.1 Å². The van der Waals surface area contributed by atoms with Crippen LogP contribution in [0.25, 0.3) is 0 Å². The maximum absolute atomic E-state index is 12.2. The van der Waals surface area contributed by atoms with E-state index in [2.05, 4.69) is 5.32 Å². The number of hydrogen-bond donors (Lipinski definition) is 2. The van der Waals surface area contributed by atoms with Crippen molar-refractivity contribution in [2.75, 3.05) is 32.1 Å². The van der Waals surface area contributed by atoms with E-state index in [4.69, 9.17) is 9.84 Å². The van der Waals surface area contributed by atoms with Crippen molar-refractivity contribution in [3.8, 4) is 0 Å². The molecule has 0 radical (unpaired) electrons. The first-order valence-corrected chi connectivity index (χ1v) is 9.68. The fourth-order valence-electron chi connectivity index (χ4n) is 2.40. The van der Waals surface area contributed by atoms with E-state index in [0.29, 0.717) is 19.6 Å². The van der Waals surface area contributed by atoms with E-state index in [-0.39, 0.29) is 55.3 Å². The van der Waals surface area contributed by atoms with Gasteiger partial charge in [-0.1, -0.05) is 0 Å². The fourth-order valence-corrected chi connectivity index (χ4v) is 3.36. The van der Waals surface area contributed by atoms with Gasteiger partial charge in [0.2, 0.25) is 17.7 Å². The van der Waals surface area contributed by atoms with E-state index in [9.17, 15) is 19.2 Å². The molecule has 26 heavy (non-hydrogen) atoms. The summed E-state index contributed by atoms with van der Waals surface area (Å²) < 4.78 is 5.57. The Bertz CT molecular complexity index is 537. The molecular weight excluding hydrogens is 360 g/mol. The summed E-state index contributed by atoms with van der Waals surface area (Å²) in [5, 5.41) is 11.1. The minimum Gasteiger partial charge on any atom is -0.396 e. The Morgan fingerprint density at radius 1 is 1.38 bits per heavy atom. The lowest BCUT2D eigenvalue weighted by molar-refractivity contribution is -0.138. The Morgan fingerprint density at radius 3 is 2.69 bits per heavy atom. The summed E-state index contributed by atoms with van der Waals surface area (Å²) in [7, 11) is 0. The number of aliphatic hydroxyl groups is 1. The number of hydrogen-bond acceptors (Lipinski definition) is 7. The van der Waals surface area contributed by atoms with Gasteiger partial charge in [-0.2, -0.15) is 0 Å². The average Bonchev–Trinajstić information content (AvgIpc) is 2.81. The molecule has 148 valence electrons. The SMILES string of the molecule is CC(=O)CSC1CC(=O)N(CCC(=O)NCCOC(C)(C)CCO)C1=O. The second-order valence-electron chi connectivity index (χ2n) is 6.77. The number of nitrogens with one attached hydrogen (secondary N) is 1. The Balaban J connectivity index is 2.28. The van der Waals surface area contributed by atoms with Crippen LogP contribution in [0.1, 0.15) is 40.0 Å². The molecule has 0 spiro atoms. The Hall–Kier alpha value is -1.45. The van der Waals surface area contributed by atoms with Gasteiger partial charge in [-0.15, -0.1) is 11.8 Å². The molecule has 2 N–H and O–H groups in total. The molecule has 9 heteroatoms. The van der Waals surface area contributed by atoms with Crippen LogP contribution in [-0.4, -0.2) is 76.4 Å². The van der Waals surface area contributed by atoms with Crippen molar-refractivity contribution in [3.63, 3.8) is 0 Å². The van der Waals surface area contributed by atoms with Crippen molar-refractivity contribution in [2.45, 2.75) is 50.9 Å². The number of carbonyl (C=O) groups excluding carboxylic acids is 4. The number of nitrogens with zero attached hydrogens (tertiary/aromatic N) is 1. The van der Waals surface area contributed by atoms with E-state index in [0.717, 1.165) is 4.90 Å². The second-order valence-corrected chi connectivity index (χ2v) is 7.96. The molecule has 0 aliphatic carbocycles. The van der Waals surface area contributed by atoms with E-state index in [1.54, 1.807) is 0 Å². The van der Waals surface area contributed by atoms with Crippen molar-refractivity contribution in [2.24, 2.45) is 0 Å². The molecule has 0 aromatic heterocycles. The number of ketones is 1. The highest BCUT2D eigenvalue weighted by Crippen LogP contribution is 2.25. The van der Waals surface area contributed by atoms with E-state index >= 15 is 0 Å². The van der Waals surface area contributed by atoms with Gasteiger partial charge in [0, 0.05) is 32.5 Å². The van der Waals surface area contributed by atoms with Crippen LogP contribution < -0.4 is 5.32 Å². The highest BCUT2D eigenvalue weighted by Gasteiger charge is 2.38.